The van der Waals surface area contributed by atoms with Crippen LogP contribution in [0.25, 0.3) is 6.08 Å². The number of amides is 1. The highest BCUT2D eigenvalue weighted by Gasteiger charge is 2.19. The lowest BCUT2D eigenvalue weighted by Gasteiger charge is -2.35. The Bertz CT molecular complexity index is 716. The lowest BCUT2D eigenvalue weighted by Crippen LogP contribution is -2.48. The van der Waals surface area contributed by atoms with Crippen molar-refractivity contribution in [1.82, 2.24) is 4.90 Å². The molecule has 24 heavy (non-hydrogen) atoms. The van der Waals surface area contributed by atoms with Gasteiger partial charge in [0.05, 0.1) is 7.11 Å². The van der Waals surface area contributed by atoms with Crippen LogP contribution >= 0.6 is 22.6 Å². The molecule has 0 radical (unpaired) electrons. The van der Waals surface area contributed by atoms with Crippen molar-refractivity contribution in [3.05, 3.63) is 52.0 Å². The van der Waals surface area contributed by atoms with Crippen LogP contribution in [0.5, 0.6) is 5.75 Å². The topological polar surface area (TPSA) is 45.9 Å². The molecule has 1 saturated heterocycles. The normalized spacial score (nSPS) is 15.1. The molecule has 0 unspecified atom stereocenters. The second-order valence-corrected chi connectivity index (χ2v) is 6.55. The third kappa shape index (κ3) is 4.11. The second kappa shape index (κ2) is 7.74. The van der Waals surface area contributed by atoms with E-state index in [-0.39, 0.29) is 5.91 Å². The largest absolute Gasteiger partial charge is 0.497 e. The maximum atomic E-state index is 12.3. The quantitative estimate of drug-likeness (QED) is 0.543. The first kappa shape index (κ1) is 16.9. The Morgan fingerprint density at radius 3 is 2.42 bits per heavy atom. The fraction of sp³-hybridized carbons (Fsp3) is 0.278. The number of hydrogen-bond donors (Lipinski definition) is 0. The standard InChI is InChI=1S/C18H19IN2O3/c1-23-15-4-2-14(3-5-15)20-10-12-21(13-11-20)18(22)9-7-16-6-8-17(19)24-16/h2-9H,10-13H2,1H3/b9-7+. The van der Waals surface area contributed by atoms with E-state index in [1.807, 2.05) is 29.2 Å². The molecule has 126 valence electrons. The first-order valence-corrected chi connectivity index (χ1v) is 8.85. The molecule has 6 heteroatoms. The van der Waals surface area contributed by atoms with Gasteiger partial charge in [-0.15, -0.1) is 0 Å². The van der Waals surface area contributed by atoms with Crippen LogP contribution in [-0.4, -0.2) is 44.1 Å². The van der Waals surface area contributed by atoms with Gasteiger partial charge in [-0.2, -0.15) is 0 Å². The van der Waals surface area contributed by atoms with Crippen molar-refractivity contribution in [1.29, 1.82) is 0 Å². The number of anilines is 1. The van der Waals surface area contributed by atoms with E-state index in [4.69, 9.17) is 9.15 Å². The van der Waals surface area contributed by atoms with Gasteiger partial charge in [0, 0.05) is 37.9 Å². The molecular formula is C18H19IN2O3. The molecule has 0 atom stereocenters. The molecule has 1 fully saturated rings. The number of ether oxygens (including phenoxy) is 1. The van der Waals surface area contributed by atoms with Crippen molar-refractivity contribution in [2.75, 3.05) is 38.2 Å². The number of furan rings is 1. The first-order valence-electron chi connectivity index (χ1n) is 7.77. The van der Waals surface area contributed by atoms with Crippen LogP contribution in [0, 0.1) is 3.77 Å². The number of rotatable bonds is 4. The predicted octanol–water partition coefficient (Wildman–Crippen LogP) is 3.25. The summed E-state index contributed by atoms with van der Waals surface area (Å²) in [7, 11) is 1.66. The third-order valence-corrected chi connectivity index (χ3v) is 4.59. The van der Waals surface area contributed by atoms with Crippen molar-refractivity contribution < 1.29 is 13.9 Å². The highest BCUT2D eigenvalue weighted by atomic mass is 127. The van der Waals surface area contributed by atoms with E-state index in [2.05, 4.69) is 39.6 Å². The summed E-state index contributed by atoms with van der Waals surface area (Å²) >= 11 is 2.10. The molecule has 0 bridgehead atoms. The van der Waals surface area contributed by atoms with Gasteiger partial charge in [-0.25, -0.2) is 0 Å². The fourth-order valence-electron chi connectivity index (χ4n) is 2.65. The van der Waals surface area contributed by atoms with Gasteiger partial charge >= 0.3 is 0 Å². The summed E-state index contributed by atoms with van der Waals surface area (Å²) in [6, 6.07) is 11.7. The van der Waals surface area contributed by atoms with Crippen LogP contribution in [-0.2, 0) is 4.79 Å². The molecule has 0 saturated carbocycles. The zero-order valence-corrected chi connectivity index (χ0v) is 15.6. The van der Waals surface area contributed by atoms with E-state index in [1.54, 1.807) is 19.3 Å². The Labute approximate surface area is 155 Å². The second-order valence-electron chi connectivity index (χ2n) is 5.49. The van der Waals surface area contributed by atoms with Gasteiger partial charge in [0.15, 0.2) is 3.77 Å². The summed E-state index contributed by atoms with van der Waals surface area (Å²) in [5.41, 5.74) is 1.16. The molecule has 1 aliphatic heterocycles. The van der Waals surface area contributed by atoms with Crippen molar-refractivity contribution in [2.24, 2.45) is 0 Å². The molecule has 1 amide bonds. The zero-order valence-electron chi connectivity index (χ0n) is 13.4. The minimum Gasteiger partial charge on any atom is -0.497 e. The average Bonchev–Trinajstić information content (AvgIpc) is 3.05. The van der Waals surface area contributed by atoms with Crippen LogP contribution in [0.2, 0.25) is 0 Å². The van der Waals surface area contributed by atoms with Gasteiger partial charge in [0.25, 0.3) is 0 Å². The minimum absolute atomic E-state index is 0.0239. The summed E-state index contributed by atoms with van der Waals surface area (Å²) in [6.45, 7) is 3.07. The number of piperazine rings is 1. The Kier molecular flexibility index (Phi) is 5.44. The Balaban J connectivity index is 1.54. The molecule has 0 N–H and O–H groups in total. The van der Waals surface area contributed by atoms with Crippen molar-refractivity contribution >= 4 is 40.3 Å². The molecule has 1 aromatic heterocycles. The van der Waals surface area contributed by atoms with Gasteiger partial charge in [-0.1, -0.05) is 0 Å². The first-order chi connectivity index (χ1) is 11.7. The van der Waals surface area contributed by atoms with Crippen LogP contribution in [0.3, 0.4) is 0 Å². The summed E-state index contributed by atoms with van der Waals surface area (Å²) in [5, 5.41) is 0. The van der Waals surface area contributed by atoms with E-state index < -0.39 is 0 Å². The zero-order chi connectivity index (χ0) is 16.9. The fourth-order valence-corrected chi connectivity index (χ4v) is 3.09. The smallest absolute Gasteiger partial charge is 0.246 e. The van der Waals surface area contributed by atoms with Gasteiger partial charge < -0.3 is 19.0 Å². The number of carbonyl (C=O) groups excluding carboxylic acids is 1. The van der Waals surface area contributed by atoms with E-state index in [0.29, 0.717) is 18.8 Å². The molecule has 0 aliphatic carbocycles. The third-order valence-electron chi connectivity index (χ3n) is 4.01. The van der Waals surface area contributed by atoms with E-state index in [9.17, 15) is 4.79 Å². The van der Waals surface area contributed by atoms with Gasteiger partial charge in [0.2, 0.25) is 5.91 Å². The van der Waals surface area contributed by atoms with E-state index in [0.717, 1.165) is 28.3 Å². The number of benzene rings is 1. The molecule has 1 aliphatic rings. The molecular weight excluding hydrogens is 419 g/mol. The van der Waals surface area contributed by atoms with E-state index >= 15 is 0 Å². The van der Waals surface area contributed by atoms with Crippen molar-refractivity contribution in [3.8, 4) is 5.75 Å². The molecule has 5 nitrogen and oxygen atoms in total. The number of halogens is 1. The highest BCUT2D eigenvalue weighted by Crippen LogP contribution is 2.20. The average molecular weight is 438 g/mol. The van der Waals surface area contributed by atoms with Gasteiger partial charge in [-0.05, 0) is 65.1 Å². The summed E-state index contributed by atoms with van der Waals surface area (Å²) in [4.78, 5) is 16.4. The van der Waals surface area contributed by atoms with Crippen LogP contribution in [0.4, 0.5) is 5.69 Å². The molecule has 1 aromatic carbocycles. The lowest BCUT2D eigenvalue weighted by molar-refractivity contribution is -0.126. The number of carbonyl (C=O) groups is 1. The summed E-state index contributed by atoms with van der Waals surface area (Å²) in [6.07, 6.45) is 3.30. The lowest BCUT2D eigenvalue weighted by atomic mass is 10.2. The predicted molar refractivity (Wildman–Crippen MR) is 102 cm³/mol. The SMILES string of the molecule is COc1ccc(N2CCN(C(=O)/C=C/c3ccc(I)o3)CC2)cc1. The maximum Gasteiger partial charge on any atom is 0.246 e. The molecule has 2 aromatic rings. The molecule has 3 rings (SSSR count). The Morgan fingerprint density at radius 1 is 1.12 bits per heavy atom. The van der Waals surface area contributed by atoms with E-state index in [1.165, 1.54) is 0 Å². The van der Waals surface area contributed by atoms with Crippen molar-refractivity contribution in [2.45, 2.75) is 0 Å². The van der Waals surface area contributed by atoms with Gasteiger partial charge in [-0.3, -0.25) is 4.79 Å². The monoisotopic (exact) mass is 438 g/mol. The Hall–Kier alpha value is -1.96. The molecule has 0 spiro atoms. The van der Waals surface area contributed by atoms with Crippen molar-refractivity contribution in [3.63, 3.8) is 0 Å². The van der Waals surface area contributed by atoms with Crippen LogP contribution in [0.15, 0.2) is 46.9 Å². The van der Waals surface area contributed by atoms with Crippen LogP contribution < -0.4 is 9.64 Å². The summed E-state index contributed by atoms with van der Waals surface area (Å²) < 4.78 is 11.4. The number of nitrogens with zero attached hydrogens (tertiary/aromatic N) is 2. The van der Waals surface area contributed by atoms with Crippen LogP contribution in [0.1, 0.15) is 5.76 Å². The maximum absolute atomic E-state index is 12.3. The highest BCUT2D eigenvalue weighted by molar-refractivity contribution is 14.1. The number of hydrogen-bond acceptors (Lipinski definition) is 4. The summed E-state index contributed by atoms with van der Waals surface area (Å²) in [5.74, 6) is 1.57. The van der Waals surface area contributed by atoms with Gasteiger partial charge in [0.1, 0.15) is 11.5 Å². The molecule has 2 heterocycles. The minimum atomic E-state index is 0.0239. The number of methoxy groups -OCH3 is 1. The Morgan fingerprint density at radius 2 is 1.83 bits per heavy atom.